The van der Waals surface area contributed by atoms with Crippen LogP contribution in [0.3, 0.4) is 0 Å². The lowest BCUT2D eigenvalue weighted by Crippen LogP contribution is -2.30. The van der Waals surface area contributed by atoms with Crippen molar-refractivity contribution in [3.05, 3.63) is 40.9 Å². The maximum atomic E-state index is 11.6. The number of hydrogen-bond acceptors (Lipinski definition) is 4. The summed E-state index contributed by atoms with van der Waals surface area (Å²) in [6, 6.07) is 9.83. The lowest BCUT2D eigenvalue weighted by atomic mass is 10.2. The van der Waals surface area contributed by atoms with E-state index in [-0.39, 0.29) is 5.91 Å². The summed E-state index contributed by atoms with van der Waals surface area (Å²) in [7, 11) is 0. The molecule has 3 rings (SSSR count). The number of para-hydroxylation sites is 1. The van der Waals surface area contributed by atoms with Crippen LogP contribution in [0.1, 0.15) is 15.4 Å². The zero-order valence-corrected chi connectivity index (χ0v) is 9.88. The highest BCUT2D eigenvalue weighted by Gasteiger charge is 2.21. The smallest absolute Gasteiger partial charge is 0.263 e. The molecule has 0 unspecified atom stereocenters. The first-order valence-electron chi connectivity index (χ1n) is 5.43. The predicted octanol–water partition coefficient (Wildman–Crippen LogP) is 2.17. The van der Waals surface area contributed by atoms with Gasteiger partial charge in [-0.1, -0.05) is 29.5 Å². The summed E-state index contributed by atoms with van der Waals surface area (Å²) in [5.74, 6) is -0.00939. The second-order valence-electron chi connectivity index (χ2n) is 3.79. The number of anilines is 2. The first-order chi connectivity index (χ1) is 8.33. The molecule has 5 heteroatoms. The molecule has 2 N–H and O–H groups in total. The SMILES string of the molecule is O=C1NCCc2nc(Nc3ccccc3)sc21. The third-order valence-electron chi connectivity index (χ3n) is 2.58. The summed E-state index contributed by atoms with van der Waals surface area (Å²) >= 11 is 1.40. The van der Waals surface area contributed by atoms with Crippen LogP contribution in [0.5, 0.6) is 0 Å². The van der Waals surface area contributed by atoms with Crippen LogP contribution in [0.2, 0.25) is 0 Å². The largest absolute Gasteiger partial charge is 0.351 e. The van der Waals surface area contributed by atoms with Crippen molar-refractivity contribution in [2.24, 2.45) is 0 Å². The molecule has 1 aromatic heterocycles. The van der Waals surface area contributed by atoms with Crippen LogP contribution in [0.25, 0.3) is 0 Å². The third-order valence-corrected chi connectivity index (χ3v) is 3.59. The maximum absolute atomic E-state index is 11.6. The average Bonchev–Trinajstić information content (AvgIpc) is 2.74. The van der Waals surface area contributed by atoms with Gasteiger partial charge in [-0.05, 0) is 12.1 Å². The van der Waals surface area contributed by atoms with Crippen molar-refractivity contribution in [3.63, 3.8) is 0 Å². The molecule has 86 valence electrons. The zero-order chi connectivity index (χ0) is 11.7. The summed E-state index contributed by atoms with van der Waals surface area (Å²) in [4.78, 5) is 16.8. The van der Waals surface area contributed by atoms with E-state index in [0.29, 0.717) is 6.54 Å². The van der Waals surface area contributed by atoms with Gasteiger partial charge >= 0.3 is 0 Å². The summed E-state index contributed by atoms with van der Waals surface area (Å²) in [5.41, 5.74) is 1.89. The molecule has 0 fully saturated rings. The standard InChI is InChI=1S/C12H11N3OS/c16-11-10-9(6-7-13-11)15-12(17-10)14-8-4-2-1-3-5-8/h1-5H,6-7H2,(H,13,16)(H,14,15). The van der Waals surface area contributed by atoms with Crippen molar-refractivity contribution in [1.29, 1.82) is 0 Å². The molecule has 0 saturated carbocycles. The van der Waals surface area contributed by atoms with Gasteiger partial charge < -0.3 is 10.6 Å². The van der Waals surface area contributed by atoms with Gasteiger partial charge in [0, 0.05) is 18.7 Å². The fourth-order valence-corrected chi connectivity index (χ4v) is 2.72. The van der Waals surface area contributed by atoms with Crippen LogP contribution >= 0.6 is 11.3 Å². The second-order valence-corrected chi connectivity index (χ2v) is 4.79. The molecule has 4 nitrogen and oxygen atoms in total. The lowest BCUT2D eigenvalue weighted by Gasteiger charge is -2.09. The monoisotopic (exact) mass is 245 g/mol. The van der Waals surface area contributed by atoms with Crippen LogP contribution in [0.4, 0.5) is 10.8 Å². The molecular formula is C12H11N3OS. The van der Waals surface area contributed by atoms with E-state index in [1.807, 2.05) is 30.3 Å². The predicted molar refractivity (Wildman–Crippen MR) is 67.9 cm³/mol. The van der Waals surface area contributed by atoms with E-state index in [1.54, 1.807) is 0 Å². The van der Waals surface area contributed by atoms with Gasteiger partial charge in [-0.3, -0.25) is 4.79 Å². The minimum atomic E-state index is -0.00939. The molecular weight excluding hydrogens is 234 g/mol. The van der Waals surface area contributed by atoms with E-state index in [4.69, 9.17) is 0 Å². The van der Waals surface area contributed by atoms with Gasteiger partial charge in [-0.15, -0.1) is 0 Å². The highest BCUT2D eigenvalue weighted by molar-refractivity contribution is 7.17. The van der Waals surface area contributed by atoms with E-state index in [2.05, 4.69) is 15.6 Å². The van der Waals surface area contributed by atoms with Gasteiger partial charge in [0.15, 0.2) is 5.13 Å². The first kappa shape index (κ1) is 10.3. The van der Waals surface area contributed by atoms with Gasteiger partial charge in [-0.25, -0.2) is 4.98 Å². The van der Waals surface area contributed by atoms with Gasteiger partial charge in [0.25, 0.3) is 5.91 Å². The topological polar surface area (TPSA) is 54.0 Å². The molecule has 1 aliphatic heterocycles. The van der Waals surface area contributed by atoms with E-state index >= 15 is 0 Å². The summed E-state index contributed by atoms with van der Waals surface area (Å²) < 4.78 is 0. The van der Waals surface area contributed by atoms with Crippen LogP contribution in [0, 0.1) is 0 Å². The average molecular weight is 245 g/mol. The normalized spacial score (nSPS) is 14.0. The molecule has 1 amide bonds. The summed E-state index contributed by atoms with van der Waals surface area (Å²) in [6.45, 7) is 0.681. The fraction of sp³-hybridized carbons (Fsp3) is 0.167. The number of carbonyl (C=O) groups excluding carboxylic acids is 1. The highest BCUT2D eigenvalue weighted by Crippen LogP contribution is 2.27. The summed E-state index contributed by atoms with van der Waals surface area (Å²) in [5, 5.41) is 6.80. The molecule has 1 aromatic carbocycles. The van der Waals surface area contributed by atoms with Crippen LogP contribution in [0.15, 0.2) is 30.3 Å². The van der Waals surface area contributed by atoms with Gasteiger partial charge in [-0.2, -0.15) is 0 Å². The molecule has 0 atom stereocenters. The third kappa shape index (κ3) is 2.01. The Morgan fingerprint density at radius 3 is 2.88 bits per heavy atom. The summed E-state index contributed by atoms with van der Waals surface area (Å²) in [6.07, 6.45) is 0.814. The zero-order valence-electron chi connectivity index (χ0n) is 9.06. The number of amides is 1. The molecule has 2 aromatic rings. The van der Waals surface area contributed by atoms with Gasteiger partial charge in [0.05, 0.1) is 5.69 Å². The van der Waals surface area contributed by atoms with Crippen molar-refractivity contribution < 1.29 is 4.79 Å². The van der Waals surface area contributed by atoms with E-state index in [0.717, 1.165) is 27.8 Å². The number of nitrogens with one attached hydrogen (secondary N) is 2. The number of thiazole rings is 1. The van der Waals surface area contributed by atoms with Crippen LogP contribution < -0.4 is 10.6 Å². The Morgan fingerprint density at radius 2 is 2.12 bits per heavy atom. The maximum Gasteiger partial charge on any atom is 0.263 e. The number of fused-ring (bicyclic) bond motifs is 1. The molecule has 0 spiro atoms. The Kier molecular flexibility index (Phi) is 2.53. The molecule has 0 saturated heterocycles. The van der Waals surface area contributed by atoms with Crippen molar-refractivity contribution >= 4 is 28.1 Å². The molecule has 17 heavy (non-hydrogen) atoms. The Labute approximate surface area is 103 Å². The quantitative estimate of drug-likeness (QED) is 0.852. The van der Waals surface area contributed by atoms with Crippen molar-refractivity contribution in [3.8, 4) is 0 Å². The van der Waals surface area contributed by atoms with Crippen molar-refractivity contribution in [2.45, 2.75) is 6.42 Å². The molecule has 2 heterocycles. The van der Waals surface area contributed by atoms with Gasteiger partial charge in [0.1, 0.15) is 4.88 Å². The number of aromatic nitrogens is 1. The second kappa shape index (κ2) is 4.18. The first-order valence-corrected chi connectivity index (χ1v) is 6.24. The van der Waals surface area contributed by atoms with Gasteiger partial charge in [0.2, 0.25) is 0 Å². The number of nitrogens with zero attached hydrogens (tertiary/aromatic N) is 1. The number of carbonyl (C=O) groups is 1. The Bertz CT molecular complexity index is 550. The van der Waals surface area contributed by atoms with Crippen LogP contribution in [-0.2, 0) is 6.42 Å². The van der Waals surface area contributed by atoms with E-state index in [1.165, 1.54) is 11.3 Å². The van der Waals surface area contributed by atoms with Crippen molar-refractivity contribution in [1.82, 2.24) is 10.3 Å². The number of rotatable bonds is 2. The van der Waals surface area contributed by atoms with Crippen molar-refractivity contribution in [2.75, 3.05) is 11.9 Å². The van der Waals surface area contributed by atoms with E-state index < -0.39 is 0 Å². The molecule has 0 aliphatic carbocycles. The Hall–Kier alpha value is -1.88. The lowest BCUT2D eigenvalue weighted by molar-refractivity contribution is 0.0950. The Morgan fingerprint density at radius 1 is 1.29 bits per heavy atom. The fourth-order valence-electron chi connectivity index (χ4n) is 1.77. The highest BCUT2D eigenvalue weighted by atomic mass is 32.1. The number of hydrogen-bond donors (Lipinski definition) is 2. The minimum absolute atomic E-state index is 0.00939. The van der Waals surface area contributed by atoms with Crippen LogP contribution in [-0.4, -0.2) is 17.4 Å². The Balaban J connectivity index is 1.88. The molecule has 1 aliphatic rings. The molecule has 0 bridgehead atoms. The molecule has 0 radical (unpaired) electrons. The minimum Gasteiger partial charge on any atom is -0.351 e. The number of benzene rings is 1. The van der Waals surface area contributed by atoms with E-state index in [9.17, 15) is 4.79 Å².